The third-order valence-electron chi connectivity index (χ3n) is 5.13. The first kappa shape index (κ1) is 18.7. The highest BCUT2D eigenvalue weighted by Crippen LogP contribution is 2.35. The van der Waals surface area contributed by atoms with E-state index in [0.717, 1.165) is 28.1 Å². The van der Waals surface area contributed by atoms with Gasteiger partial charge in [-0.2, -0.15) is 0 Å². The zero-order chi connectivity index (χ0) is 20.7. The van der Waals surface area contributed by atoms with Crippen LogP contribution in [0.2, 0.25) is 0 Å². The monoisotopic (exact) mass is 386 g/mol. The number of rotatable bonds is 3. The Morgan fingerprint density at radius 2 is 1.90 bits per heavy atom. The van der Waals surface area contributed by atoms with Crippen molar-refractivity contribution in [1.29, 1.82) is 0 Å². The number of carbonyl (C=O) groups is 1. The topological polar surface area (TPSA) is 67.2 Å². The number of nitrogens with zero attached hydrogens (tertiary/aromatic N) is 6. The predicted molar refractivity (Wildman–Crippen MR) is 113 cm³/mol. The van der Waals surface area contributed by atoms with E-state index < -0.39 is 0 Å². The first-order valence-corrected chi connectivity index (χ1v) is 9.36. The molecule has 0 saturated carbocycles. The molecule has 3 aromatic rings. The van der Waals surface area contributed by atoms with E-state index in [1.54, 1.807) is 23.8 Å². The molecule has 0 unspecified atom stereocenters. The van der Waals surface area contributed by atoms with Crippen LogP contribution in [0.4, 0.5) is 10.6 Å². The van der Waals surface area contributed by atoms with E-state index in [1.807, 2.05) is 42.7 Å². The van der Waals surface area contributed by atoms with Crippen molar-refractivity contribution in [2.24, 2.45) is 0 Å². The maximum absolute atomic E-state index is 13.0. The number of benzene rings is 1. The summed E-state index contributed by atoms with van der Waals surface area (Å²) in [7, 11) is 1.72. The van der Waals surface area contributed by atoms with Crippen LogP contribution in [-0.4, -0.2) is 37.5 Å². The fraction of sp³-hybridized carbons (Fsp3) is 0.273. The SMILES string of the molecule is C=C1c2c(nc(C)n2CC#CC)N(C)C(=O)N1Cc1nc(C)c2ccccc2n1. The van der Waals surface area contributed by atoms with E-state index >= 15 is 0 Å². The molecule has 0 spiro atoms. The van der Waals surface area contributed by atoms with Crippen LogP contribution in [-0.2, 0) is 13.1 Å². The Morgan fingerprint density at radius 3 is 2.66 bits per heavy atom. The predicted octanol–water partition coefficient (Wildman–Crippen LogP) is 3.51. The van der Waals surface area contributed by atoms with Gasteiger partial charge in [-0.15, -0.1) is 5.92 Å². The Kier molecular flexibility index (Phi) is 4.55. The lowest BCUT2D eigenvalue weighted by molar-refractivity contribution is 0.222. The minimum atomic E-state index is -0.205. The Hall–Kier alpha value is -3.66. The Morgan fingerprint density at radius 1 is 1.14 bits per heavy atom. The summed E-state index contributed by atoms with van der Waals surface area (Å²) in [6.45, 7) is 10.6. The highest BCUT2D eigenvalue weighted by molar-refractivity contribution is 6.02. The van der Waals surface area contributed by atoms with Crippen LogP contribution in [0.25, 0.3) is 16.6 Å². The quantitative estimate of drug-likeness (QED) is 0.646. The minimum Gasteiger partial charge on any atom is -0.313 e. The van der Waals surface area contributed by atoms with Crippen molar-refractivity contribution in [1.82, 2.24) is 24.4 Å². The fourth-order valence-electron chi connectivity index (χ4n) is 3.60. The van der Waals surface area contributed by atoms with E-state index in [1.165, 1.54) is 0 Å². The van der Waals surface area contributed by atoms with E-state index in [2.05, 4.69) is 33.4 Å². The molecule has 0 fully saturated rings. The van der Waals surface area contributed by atoms with Crippen LogP contribution in [0.5, 0.6) is 0 Å². The number of imidazole rings is 1. The van der Waals surface area contributed by atoms with Crippen LogP contribution in [0.15, 0.2) is 30.8 Å². The zero-order valence-electron chi connectivity index (χ0n) is 17.0. The van der Waals surface area contributed by atoms with Gasteiger partial charge in [0.25, 0.3) is 0 Å². The van der Waals surface area contributed by atoms with Crippen molar-refractivity contribution in [2.45, 2.75) is 33.9 Å². The number of carbonyl (C=O) groups excluding carboxylic acids is 1. The molecule has 1 aliphatic heterocycles. The molecule has 7 nitrogen and oxygen atoms in total. The fourth-order valence-corrected chi connectivity index (χ4v) is 3.60. The van der Waals surface area contributed by atoms with Crippen molar-refractivity contribution in [2.75, 3.05) is 11.9 Å². The van der Waals surface area contributed by atoms with Gasteiger partial charge in [0.2, 0.25) is 0 Å². The molecule has 4 rings (SSSR count). The second kappa shape index (κ2) is 7.06. The van der Waals surface area contributed by atoms with E-state index in [0.29, 0.717) is 23.9 Å². The van der Waals surface area contributed by atoms with Crippen molar-refractivity contribution in [3.05, 3.63) is 53.9 Å². The molecule has 2 amide bonds. The summed E-state index contributed by atoms with van der Waals surface area (Å²) in [5.74, 6) is 7.93. The lowest BCUT2D eigenvalue weighted by Crippen LogP contribution is -2.44. The average molecular weight is 386 g/mol. The molecule has 0 N–H and O–H groups in total. The maximum atomic E-state index is 13.0. The van der Waals surface area contributed by atoms with Crippen molar-refractivity contribution < 1.29 is 4.79 Å². The van der Waals surface area contributed by atoms with Crippen molar-refractivity contribution >= 4 is 28.4 Å². The van der Waals surface area contributed by atoms with Gasteiger partial charge in [0, 0.05) is 18.1 Å². The number of para-hydroxylation sites is 1. The van der Waals surface area contributed by atoms with Crippen molar-refractivity contribution in [3.8, 4) is 11.8 Å². The summed E-state index contributed by atoms with van der Waals surface area (Å²) in [4.78, 5) is 30.0. The van der Waals surface area contributed by atoms with Gasteiger partial charge in [0.15, 0.2) is 5.82 Å². The number of fused-ring (bicyclic) bond motifs is 2. The highest BCUT2D eigenvalue weighted by Gasteiger charge is 2.36. The highest BCUT2D eigenvalue weighted by atomic mass is 16.2. The Balaban J connectivity index is 1.75. The van der Waals surface area contributed by atoms with Gasteiger partial charge >= 0.3 is 6.03 Å². The van der Waals surface area contributed by atoms with Gasteiger partial charge in [0.05, 0.1) is 24.3 Å². The molecule has 3 heterocycles. The lowest BCUT2D eigenvalue weighted by atomic mass is 10.2. The van der Waals surface area contributed by atoms with Gasteiger partial charge in [-0.3, -0.25) is 9.80 Å². The molecule has 1 aliphatic rings. The molecular weight excluding hydrogens is 364 g/mol. The number of aryl methyl sites for hydroxylation is 2. The Bertz CT molecular complexity index is 1210. The second-order valence-electron chi connectivity index (χ2n) is 6.96. The van der Waals surface area contributed by atoms with Gasteiger partial charge in [0.1, 0.15) is 17.3 Å². The number of hydrogen-bond donors (Lipinski definition) is 0. The van der Waals surface area contributed by atoms with Gasteiger partial charge < -0.3 is 4.57 Å². The number of hydrogen-bond acceptors (Lipinski definition) is 4. The minimum absolute atomic E-state index is 0.205. The standard InChI is InChI=1S/C22H22N6O/c1-6-7-12-27-16(4)24-21-20(27)15(3)28(22(29)26(21)5)13-19-23-14(2)17-10-8-9-11-18(17)25-19/h8-11H,3,12-13H2,1-2,4-5H3. The molecular formula is C22H22N6O. The van der Waals surface area contributed by atoms with Crippen LogP contribution in [0, 0.1) is 25.7 Å². The molecule has 146 valence electrons. The van der Waals surface area contributed by atoms with Crippen LogP contribution in [0.1, 0.15) is 30.0 Å². The average Bonchev–Trinajstić information content (AvgIpc) is 3.04. The van der Waals surface area contributed by atoms with Gasteiger partial charge in [-0.05, 0) is 26.8 Å². The normalized spacial score (nSPS) is 13.5. The largest absolute Gasteiger partial charge is 0.330 e. The number of amides is 2. The molecule has 1 aromatic carbocycles. The third-order valence-corrected chi connectivity index (χ3v) is 5.13. The van der Waals surface area contributed by atoms with Gasteiger partial charge in [-0.25, -0.2) is 19.7 Å². The van der Waals surface area contributed by atoms with E-state index in [9.17, 15) is 4.79 Å². The number of urea groups is 1. The second-order valence-corrected chi connectivity index (χ2v) is 6.96. The smallest absolute Gasteiger partial charge is 0.313 e. The van der Waals surface area contributed by atoms with Gasteiger partial charge in [-0.1, -0.05) is 30.7 Å². The van der Waals surface area contributed by atoms with Crippen LogP contribution >= 0.6 is 0 Å². The summed E-state index contributed by atoms with van der Waals surface area (Å²) in [5.41, 5.74) is 3.12. The Labute approximate surface area is 169 Å². The van der Waals surface area contributed by atoms with E-state index in [4.69, 9.17) is 0 Å². The van der Waals surface area contributed by atoms with Crippen LogP contribution < -0.4 is 4.90 Å². The molecule has 0 radical (unpaired) electrons. The third kappa shape index (κ3) is 3.03. The first-order valence-electron chi connectivity index (χ1n) is 9.36. The van der Waals surface area contributed by atoms with Crippen LogP contribution in [0.3, 0.4) is 0 Å². The molecule has 29 heavy (non-hydrogen) atoms. The summed E-state index contributed by atoms with van der Waals surface area (Å²) in [6, 6.07) is 7.65. The summed E-state index contributed by atoms with van der Waals surface area (Å²) in [5, 5.41) is 1.01. The summed E-state index contributed by atoms with van der Waals surface area (Å²) < 4.78 is 1.98. The number of aromatic nitrogens is 4. The lowest BCUT2D eigenvalue weighted by Gasteiger charge is -2.34. The molecule has 2 aromatic heterocycles. The molecule has 0 bridgehead atoms. The molecule has 0 saturated heterocycles. The molecule has 7 heteroatoms. The summed E-state index contributed by atoms with van der Waals surface area (Å²) >= 11 is 0. The molecule has 0 atom stereocenters. The zero-order valence-corrected chi connectivity index (χ0v) is 17.0. The number of anilines is 1. The van der Waals surface area contributed by atoms with E-state index in [-0.39, 0.29) is 12.6 Å². The summed E-state index contributed by atoms with van der Waals surface area (Å²) in [6.07, 6.45) is 0. The molecule has 0 aliphatic carbocycles. The van der Waals surface area contributed by atoms with Crippen molar-refractivity contribution in [3.63, 3.8) is 0 Å². The maximum Gasteiger partial charge on any atom is 0.330 e. The first-order chi connectivity index (χ1) is 13.9.